The van der Waals surface area contributed by atoms with Gasteiger partial charge in [-0.1, -0.05) is 6.07 Å². The summed E-state index contributed by atoms with van der Waals surface area (Å²) in [5.74, 6) is -2.59. The first-order chi connectivity index (χ1) is 15.1. The fourth-order valence-corrected chi connectivity index (χ4v) is 2.78. The second kappa shape index (κ2) is 8.24. The molecule has 32 heavy (non-hydrogen) atoms. The number of alkyl halides is 5. The Morgan fingerprint density at radius 2 is 1.69 bits per heavy atom. The van der Waals surface area contributed by atoms with Crippen LogP contribution in [0, 0.1) is 5.92 Å². The number of anilines is 3. The highest BCUT2D eigenvalue weighted by molar-refractivity contribution is 5.59. The molecule has 3 aromatic heterocycles. The highest BCUT2D eigenvalue weighted by atomic mass is 19.4. The molecule has 0 saturated heterocycles. The van der Waals surface area contributed by atoms with Crippen LogP contribution >= 0.6 is 0 Å². The lowest BCUT2D eigenvalue weighted by Crippen LogP contribution is -2.13. The van der Waals surface area contributed by atoms with Crippen LogP contribution in [0.3, 0.4) is 0 Å². The van der Waals surface area contributed by atoms with Gasteiger partial charge in [-0.2, -0.15) is 36.9 Å². The number of hydrogen-bond acceptors (Lipinski definition) is 7. The monoisotopic (exact) mass is 451 g/mol. The lowest BCUT2D eigenvalue weighted by molar-refractivity contribution is -0.141. The maximum absolute atomic E-state index is 13.7. The van der Waals surface area contributed by atoms with Gasteiger partial charge in [-0.3, -0.25) is 4.98 Å². The van der Waals surface area contributed by atoms with Crippen molar-refractivity contribution in [2.75, 3.05) is 17.2 Å². The lowest BCUT2D eigenvalue weighted by atomic mass is 10.2. The Morgan fingerprint density at radius 3 is 2.38 bits per heavy atom. The summed E-state index contributed by atoms with van der Waals surface area (Å²) >= 11 is 0. The minimum absolute atomic E-state index is 0.00278. The predicted octanol–water partition coefficient (Wildman–Crippen LogP) is 5.02. The number of nitrogens with one attached hydrogen (secondary N) is 2. The van der Waals surface area contributed by atoms with Crippen molar-refractivity contribution in [1.29, 1.82) is 0 Å². The highest BCUT2D eigenvalue weighted by Crippen LogP contribution is 2.31. The van der Waals surface area contributed by atoms with E-state index in [0.29, 0.717) is 12.5 Å². The third kappa shape index (κ3) is 5.42. The molecule has 2 N–H and O–H groups in total. The van der Waals surface area contributed by atoms with E-state index in [1.807, 2.05) is 0 Å². The normalized spacial score (nSPS) is 14.3. The fourth-order valence-electron chi connectivity index (χ4n) is 2.78. The van der Waals surface area contributed by atoms with Gasteiger partial charge in [0.05, 0.1) is 0 Å². The zero-order valence-electron chi connectivity index (χ0n) is 16.8. The largest absolute Gasteiger partial charge is 0.433 e. The van der Waals surface area contributed by atoms with Crippen LogP contribution in [0.25, 0.3) is 11.5 Å². The first-order valence-corrected chi connectivity index (χ1v) is 9.74. The fraction of sp³-hybridized carbons (Fsp3) is 0.350. The molecule has 0 bridgehead atoms. The summed E-state index contributed by atoms with van der Waals surface area (Å²) in [4.78, 5) is 19.9. The molecule has 1 saturated carbocycles. The zero-order valence-corrected chi connectivity index (χ0v) is 16.8. The summed E-state index contributed by atoms with van der Waals surface area (Å²) in [5.41, 5.74) is -1.40. The van der Waals surface area contributed by atoms with Gasteiger partial charge in [0.1, 0.15) is 17.1 Å². The lowest BCUT2D eigenvalue weighted by Gasteiger charge is -2.13. The van der Waals surface area contributed by atoms with Crippen molar-refractivity contribution in [3.05, 3.63) is 47.9 Å². The van der Waals surface area contributed by atoms with Gasteiger partial charge in [0.15, 0.2) is 5.82 Å². The van der Waals surface area contributed by atoms with Gasteiger partial charge >= 0.3 is 6.18 Å². The summed E-state index contributed by atoms with van der Waals surface area (Å²) in [7, 11) is 0. The molecular formula is C20H18F5N7. The molecule has 7 nitrogen and oxygen atoms in total. The Hall–Kier alpha value is -3.44. The van der Waals surface area contributed by atoms with E-state index in [1.165, 1.54) is 24.3 Å². The quantitative estimate of drug-likeness (QED) is 0.488. The first-order valence-electron chi connectivity index (χ1n) is 9.74. The van der Waals surface area contributed by atoms with E-state index < -0.39 is 23.5 Å². The Morgan fingerprint density at radius 1 is 0.938 bits per heavy atom. The maximum atomic E-state index is 13.7. The van der Waals surface area contributed by atoms with Crippen LogP contribution in [0.5, 0.6) is 0 Å². The van der Waals surface area contributed by atoms with Gasteiger partial charge in [0.25, 0.3) is 5.92 Å². The third-order valence-electron chi connectivity index (χ3n) is 4.62. The number of hydrogen-bond donors (Lipinski definition) is 2. The smallest absolute Gasteiger partial charge is 0.354 e. The van der Waals surface area contributed by atoms with Crippen LogP contribution in [-0.2, 0) is 12.1 Å². The Labute approximate surface area is 179 Å². The van der Waals surface area contributed by atoms with Crippen LogP contribution in [0.1, 0.15) is 31.2 Å². The van der Waals surface area contributed by atoms with Crippen LogP contribution in [-0.4, -0.2) is 31.5 Å². The summed E-state index contributed by atoms with van der Waals surface area (Å²) in [5, 5.41) is 5.75. The molecule has 1 aliphatic carbocycles. The van der Waals surface area contributed by atoms with Crippen molar-refractivity contribution in [1.82, 2.24) is 24.9 Å². The van der Waals surface area contributed by atoms with Gasteiger partial charge < -0.3 is 10.6 Å². The molecule has 1 aliphatic rings. The second-order valence-corrected chi connectivity index (χ2v) is 7.48. The van der Waals surface area contributed by atoms with Gasteiger partial charge in [-0.05, 0) is 43.0 Å². The van der Waals surface area contributed by atoms with E-state index in [0.717, 1.165) is 32.0 Å². The van der Waals surface area contributed by atoms with E-state index in [4.69, 9.17) is 0 Å². The summed E-state index contributed by atoms with van der Waals surface area (Å²) in [6, 6.07) is 6.20. The molecule has 0 aromatic carbocycles. The van der Waals surface area contributed by atoms with Crippen molar-refractivity contribution in [2.45, 2.75) is 31.9 Å². The van der Waals surface area contributed by atoms with Crippen molar-refractivity contribution < 1.29 is 22.0 Å². The standard InChI is InChI=1S/C20H18F5N7/c1-19(21,22)14-4-2-3-13(29-14)16-30-17(27-10-11-5-6-11)32-18(31-16)28-12-7-8-26-15(9-12)20(23,24)25/h2-4,7-9,11H,5-6,10H2,1H3,(H2,26,27,28,30,31,32). The Balaban J connectivity index is 1.68. The van der Waals surface area contributed by atoms with Crippen molar-refractivity contribution in [3.8, 4) is 11.5 Å². The molecule has 12 heteroatoms. The molecule has 4 rings (SSSR count). The minimum Gasteiger partial charge on any atom is -0.354 e. The molecule has 0 spiro atoms. The first kappa shape index (κ1) is 21.8. The van der Waals surface area contributed by atoms with Crippen molar-refractivity contribution in [2.24, 2.45) is 5.92 Å². The summed E-state index contributed by atoms with van der Waals surface area (Å²) in [6.45, 7) is 1.33. The van der Waals surface area contributed by atoms with Crippen LogP contribution < -0.4 is 10.6 Å². The van der Waals surface area contributed by atoms with E-state index in [1.54, 1.807) is 0 Å². The third-order valence-corrected chi connectivity index (χ3v) is 4.62. The molecular weight excluding hydrogens is 433 g/mol. The molecule has 1 fully saturated rings. The second-order valence-electron chi connectivity index (χ2n) is 7.48. The van der Waals surface area contributed by atoms with E-state index >= 15 is 0 Å². The summed E-state index contributed by atoms with van der Waals surface area (Å²) in [6.07, 6.45) is -1.46. The van der Waals surface area contributed by atoms with Gasteiger partial charge in [-0.25, -0.2) is 4.98 Å². The number of rotatable bonds is 7. The van der Waals surface area contributed by atoms with Crippen LogP contribution in [0.15, 0.2) is 36.5 Å². The maximum Gasteiger partial charge on any atom is 0.433 e. The average molecular weight is 451 g/mol. The van der Waals surface area contributed by atoms with Crippen molar-refractivity contribution >= 4 is 17.6 Å². The number of pyridine rings is 2. The highest BCUT2D eigenvalue weighted by Gasteiger charge is 2.32. The number of nitrogens with zero attached hydrogens (tertiary/aromatic N) is 5. The topological polar surface area (TPSA) is 88.5 Å². The van der Waals surface area contributed by atoms with Gasteiger partial charge in [-0.15, -0.1) is 0 Å². The molecule has 0 radical (unpaired) electrons. The molecule has 168 valence electrons. The average Bonchev–Trinajstić information content (AvgIpc) is 3.56. The minimum atomic E-state index is -4.62. The van der Waals surface area contributed by atoms with Gasteiger partial charge in [0.2, 0.25) is 11.9 Å². The Bertz CT molecular complexity index is 1110. The zero-order chi connectivity index (χ0) is 22.9. The number of halogens is 5. The predicted molar refractivity (Wildman–Crippen MR) is 106 cm³/mol. The molecule has 0 aliphatic heterocycles. The van der Waals surface area contributed by atoms with Crippen molar-refractivity contribution in [3.63, 3.8) is 0 Å². The van der Waals surface area contributed by atoms with E-state index in [-0.39, 0.29) is 29.1 Å². The SMILES string of the molecule is CC(F)(F)c1cccc(-c2nc(NCC3CC3)nc(Nc3ccnc(C(F)(F)F)c3)n2)n1. The van der Waals surface area contributed by atoms with Gasteiger partial charge in [0, 0.05) is 25.4 Å². The molecule has 0 unspecified atom stereocenters. The van der Waals surface area contributed by atoms with E-state index in [2.05, 4.69) is 35.6 Å². The summed E-state index contributed by atoms with van der Waals surface area (Å²) < 4.78 is 66.3. The van der Waals surface area contributed by atoms with Crippen LogP contribution in [0.2, 0.25) is 0 Å². The Kier molecular flexibility index (Phi) is 5.61. The number of aromatic nitrogens is 5. The molecule has 3 aromatic rings. The van der Waals surface area contributed by atoms with E-state index in [9.17, 15) is 22.0 Å². The van der Waals surface area contributed by atoms with Crippen LogP contribution in [0.4, 0.5) is 39.5 Å². The molecule has 3 heterocycles. The molecule has 0 atom stereocenters. The molecule has 0 amide bonds.